The summed E-state index contributed by atoms with van der Waals surface area (Å²) >= 11 is 1.49. The molecular formula is C15H19NO4S. The van der Waals surface area contributed by atoms with Gasteiger partial charge in [0.1, 0.15) is 11.8 Å². The number of aryl methyl sites for hydroxylation is 1. The Morgan fingerprint density at radius 3 is 2.57 bits per heavy atom. The van der Waals surface area contributed by atoms with E-state index in [1.165, 1.54) is 22.7 Å². The molecule has 21 heavy (non-hydrogen) atoms. The lowest BCUT2D eigenvalue weighted by atomic mass is 10.1. The van der Waals surface area contributed by atoms with Gasteiger partial charge in [0.2, 0.25) is 0 Å². The van der Waals surface area contributed by atoms with Crippen LogP contribution >= 0.6 is 11.8 Å². The van der Waals surface area contributed by atoms with Crippen molar-refractivity contribution in [1.29, 1.82) is 0 Å². The second kappa shape index (κ2) is 5.97. The minimum atomic E-state index is -0.990. The van der Waals surface area contributed by atoms with Crippen molar-refractivity contribution >= 4 is 23.6 Å². The summed E-state index contributed by atoms with van der Waals surface area (Å²) in [7, 11) is 0. The maximum Gasteiger partial charge on any atom is 0.327 e. The van der Waals surface area contributed by atoms with E-state index in [0.29, 0.717) is 16.9 Å². The van der Waals surface area contributed by atoms with Crippen LogP contribution in [-0.4, -0.2) is 44.2 Å². The Labute approximate surface area is 128 Å². The predicted molar refractivity (Wildman–Crippen MR) is 81.5 cm³/mol. The molecule has 1 aliphatic heterocycles. The van der Waals surface area contributed by atoms with Gasteiger partial charge in [-0.25, -0.2) is 4.79 Å². The van der Waals surface area contributed by atoms with E-state index in [-0.39, 0.29) is 22.9 Å². The maximum absolute atomic E-state index is 12.7. The van der Waals surface area contributed by atoms with E-state index in [4.69, 9.17) is 0 Å². The molecule has 2 unspecified atom stereocenters. The molecule has 1 aromatic carbocycles. The topological polar surface area (TPSA) is 77.8 Å². The van der Waals surface area contributed by atoms with Crippen LogP contribution in [0.2, 0.25) is 0 Å². The first-order valence-corrected chi connectivity index (χ1v) is 7.84. The standard InChI is InChI=1S/C15H19NO4S/c1-8(2)14-16(11(7-21-14)15(19)20)13(18)10-5-4-9(3)12(17)6-10/h4-6,8,11,14,17H,7H2,1-3H3,(H,19,20). The molecule has 1 amide bonds. The second-order valence-corrected chi connectivity index (χ2v) is 6.69. The monoisotopic (exact) mass is 309 g/mol. The quantitative estimate of drug-likeness (QED) is 0.896. The number of carbonyl (C=O) groups is 2. The van der Waals surface area contributed by atoms with Gasteiger partial charge in [0.15, 0.2) is 0 Å². The Bertz CT molecular complexity index is 573. The lowest BCUT2D eigenvalue weighted by molar-refractivity contribution is -0.141. The van der Waals surface area contributed by atoms with Crippen molar-refractivity contribution in [1.82, 2.24) is 4.90 Å². The largest absolute Gasteiger partial charge is 0.508 e. The highest BCUT2D eigenvalue weighted by molar-refractivity contribution is 8.00. The van der Waals surface area contributed by atoms with Gasteiger partial charge < -0.3 is 15.1 Å². The van der Waals surface area contributed by atoms with Crippen LogP contribution in [0.3, 0.4) is 0 Å². The number of benzene rings is 1. The van der Waals surface area contributed by atoms with Crippen molar-refractivity contribution in [3.05, 3.63) is 29.3 Å². The smallest absolute Gasteiger partial charge is 0.327 e. The molecule has 0 radical (unpaired) electrons. The molecule has 1 saturated heterocycles. The molecule has 1 fully saturated rings. The van der Waals surface area contributed by atoms with E-state index in [2.05, 4.69) is 0 Å². The summed E-state index contributed by atoms with van der Waals surface area (Å²) < 4.78 is 0. The van der Waals surface area contributed by atoms with Crippen molar-refractivity contribution in [3.63, 3.8) is 0 Å². The van der Waals surface area contributed by atoms with E-state index in [1.54, 1.807) is 19.1 Å². The number of amides is 1. The highest BCUT2D eigenvalue weighted by atomic mass is 32.2. The Morgan fingerprint density at radius 1 is 1.38 bits per heavy atom. The number of carboxylic acid groups (broad SMARTS) is 1. The summed E-state index contributed by atoms with van der Waals surface area (Å²) in [5.74, 6) is -0.748. The molecule has 0 aliphatic carbocycles. The minimum Gasteiger partial charge on any atom is -0.508 e. The highest BCUT2D eigenvalue weighted by Crippen LogP contribution is 2.35. The molecular weight excluding hydrogens is 290 g/mol. The van der Waals surface area contributed by atoms with Gasteiger partial charge in [-0.05, 0) is 30.5 Å². The predicted octanol–water partition coefficient (Wildman–Crippen LogP) is 2.32. The van der Waals surface area contributed by atoms with Gasteiger partial charge >= 0.3 is 5.97 Å². The zero-order valence-electron chi connectivity index (χ0n) is 12.2. The average Bonchev–Trinajstić information content (AvgIpc) is 2.86. The lowest BCUT2D eigenvalue weighted by Crippen LogP contribution is -2.47. The summed E-state index contributed by atoms with van der Waals surface area (Å²) in [6, 6.07) is 3.86. The molecule has 6 heteroatoms. The molecule has 2 atom stereocenters. The molecule has 5 nitrogen and oxygen atoms in total. The number of phenolic OH excluding ortho intramolecular Hbond substituents is 1. The van der Waals surface area contributed by atoms with Crippen molar-refractivity contribution in [2.75, 3.05) is 5.75 Å². The molecule has 0 saturated carbocycles. The van der Waals surface area contributed by atoms with Crippen LogP contribution in [0.1, 0.15) is 29.8 Å². The van der Waals surface area contributed by atoms with E-state index in [1.807, 2.05) is 13.8 Å². The fraction of sp³-hybridized carbons (Fsp3) is 0.467. The minimum absolute atomic E-state index is 0.0423. The number of aliphatic carboxylic acids is 1. The molecule has 1 heterocycles. The fourth-order valence-electron chi connectivity index (χ4n) is 2.38. The summed E-state index contributed by atoms with van der Waals surface area (Å²) in [6.07, 6.45) is 0. The summed E-state index contributed by atoms with van der Waals surface area (Å²) in [5, 5.41) is 18.9. The Balaban J connectivity index is 2.36. The number of thioether (sulfide) groups is 1. The molecule has 2 N–H and O–H groups in total. The van der Waals surface area contributed by atoms with Crippen LogP contribution in [0.25, 0.3) is 0 Å². The molecule has 1 aliphatic rings. The molecule has 2 rings (SSSR count). The molecule has 0 bridgehead atoms. The first kappa shape index (κ1) is 15.7. The van der Waals surface area contributed by atoms with Gasteiger partial charge in [-0.15, -0.1) is 11.8 Å². The maximum atomic E-state index is 12.7. The molecule has 1 aromatic rings. The first-order chi connectivity index (χ1) is 9.82. The second-order valence-electron chi connectivity index (χ2n) is 5.54. The van der Waals surface area contributed by atoms with Crippen LogP contribution in [0.15, 0.2) is 18.2 Å². The van der Waals surface area contributed by atoms with Gasteiger partial charge in [0.05, 0.1) is 5.37 Å². The van der Waals surface area contributed by atoms with Gasteiger partial charge in [0.25, 0.3) is 5.91 Å². The lowest BCUT2D eigenvalue weighted by Gasteiger charge is -2.29. The third-order valence-electron chi connectivity index (χ3n) is 3.58. The zero-order chi connectivity index (χ0) is 15.7. The third kappa shape index (κ3) is 3.00. The number of nitrogens with zero attached hydrogens (tertiary/aromatic N) is 1. The van der Waals surface area contributed by atoms with E-state index in [0.717, 1.165) is 0 Å². The SMILES string of the molecule is Cc1ccc(C(=O)N2C(C(=O)O)CSC2C(C)C)cc1O. The number of phenols is 1. The number of carboxylic acids is 1. The molecule has 0 aromatic heterocycles. The number of aromatic hydroxyl groups is 1. The molecule has 114 valence electrons. The van der Waals surface area contributed by atoms with Crippen LogP contribution in [-0.2, 0) is 4.79 Å². The Hall–Kier alpha value is -1.69. The van der Waals surface area contributed by atoms with E-state index < -0.39 is 12.0 Å². The summed E-state index contributed by atoms with van der Waals surface area (Å²) in [6.45, 7) is 5.68. The fourth-order valence-corrected chi connectivity index (χ4v) is 3.85. The number of hydrogen-bond donors (Lipinski definition) is 2. The highest BCUT2D eigenvalue weighted by Gasteiger charge is 2.43. The summed E-state index contributed by atoms with van der Waals surface area (Å²) in [4.78, 5) is 25.5. The van der Waals surface area contributed by atoms with Gasteiger partial charge in [-0.1, -0.05) is 19.9 Å². The van der Waals surface area contributed by atoms with Crippen molar-refractivity contribution in [3.8, 4) is 5.75 Å². The van der Waals surface area contributed by atoms with Crippen LogP contribution < -0.4 is 0 Å². The van der Waals surface area contributed by atoms with Crippen LogP contribution in [0.4, 0.5) is 0 Å². The van der Waals surface area contributed by atoms with Gasteiger partial charge in [-0.2, -0.15) is 0 Å². The third-order valence-corrected chi connectivity index (χ3v) is 5.20. The number of rotatable bonds is 3. The van der Waals surface area contributed by atoms with E-state index in [9.17, 15) is 19.8 Å². The van der Waals surface area contributed by atoms with Crippen LogP contribution in [0, 0.1) is 12.8 Å². The molecule has 0 spiro atoms. The van der Waals surface area contributed by atoms with Gasteiger partial charge in [0, 0.05) is 11.3 Å². The average molecular weight is 309 g/mol. The normalized spacial score (nSPS) is 21.8. The van der Waals surface area contributed by atoms with Gasteiger partial charge in [-0.3, -0.25) is 4.79 Å². The van der Waals surface area contributed by atoms with Crippen molar-refractivity contribution in [2.45, 2.75) is 32.2 Å². The number of carbonyl (C=O) groups excluding carboxylic acids is 1. The first-order valence-electron chi connectivity index (χ1n) is 6.79. The number of hydrogen-bond acceptors (Lipinski definition) is 4. The zero-order valence-corrected chi connectivity index (χ0v) is 13.1. The van der Waals surface area contributed by atoms with Crippen molar-refractivity contribution < 1.29 is 19.8 Å². The summed E-state index contributed by atoms with van der Waals surface area (Å²) in [5.41, 5.74) is 0.995. The van der Waals surface area contributed by atoms with Crippen LogP contribution in [0.5, 0.6) is 5.75 Å². The van der Waals surface area contributed by atoms with E-state index >= 15 is 0 Å². The Morgan fingerprint density at radius 2 is 2.05 bits per heavy atom. The Kier molecular flexibility index (Phi) is 4.46. The van der Waals surface area contributed by atoms with Crippen molar-refractivity contribution in [2.24, 2.45) is 5.92 Å².